The highest BCUT2D eigenvalue weighted by Gasteiger charge is 2.50. The third kappa shape index (κ3) is 15.4. The van der Waals surface area contributed by atoms with Crippen LogP contribution in [0.5, 0.6) is 0 Å². The molecular weight excluding hydrogens is 859 g/mol. The Hall–Kier alpha value is -2.74. The van der Waals surface area contributed by atoms with Gasteiger partial charge in [0.15, 0.2) is 17.7 Å². The number of anilines is 1. The molecule has 8 atom stereocenters. The Morgan fingerprint density at radius 3 is 2.41 bits per heavy atom. The lowest BCUT2D eigenvalue weighted by Gasteiger charge is -2.30. The first-order valence-corrected chi connectivity index (χ1v) is 22.9. The van der Waals surface area contributed by atoms with Crippen LogP contribution in [0.15, 0.2) is 24.8 Å². The molecule has 58 heavy (non-hydrogen) atoms. The van der Waals surface area contributed by atoms with Crippen molar-refractivity contribution in [3.63, 3.8) is 0 Å². The Labute approximate surface area is 335 Å². The molecule has 3 rings (SSSR count). The molecule has 0 aromatic carbocycles. The number of allylic oxidation sites excluding steroid dienone is 1. The number of amides is 2. The van der Waals surface area contributed by atoms with Crippen LogP contribution in [-0.4, -0.2) is 134 Å². The van der Waals surface area contributed by atoms with E-state index in [2.05, 4.69) is 34.4 Å². The lowest BCUT2D eigenvalue weighted by Crippen LogP contribution is -2.46. The summed E-state index contributed by atoms with van der Waals surface area (Å²) in [6, 6.07) is 0. The number of hydrogen-bond acceptors (Lipinski definition) is 19. The van der Waals surface area contributed by atoms with Crippen molar-refractivity contribution in [1.82, 2.24) is 30.2 Å². The van der Waals surface area contributed by atoms with E-state index >= 15 is 0 Å². The summed E-state index contributed by atoms with van der Waals surface area (Å²) in [4.78, 5) is 87.6. The van der Waals surface area contributed by atoms with Crippen LogP contribution >= 0.6 is 35.2 Å². The minimum absolute atomic E-state index is 0.0250. The number of thioether (sulfide) groups is 1. The van der Waals surface area contributed by atoms with Crippen molar-refractivity contribution in [3.8, 4) is 0 Å². The average Bonchev–Trinajstić information content (AvgIpc) is 3.69. The van der Waals surface area contributed by atoms with Crippen molar-refractivity contribution in [2.75, 3.05) is 37.8 Å². The summed E-state index contributed by atoms with van der Waals surface area (Å²) in [5.41, 5.74) is 4.23. The number of aliphatic hydroxyl groups excluding tert-OH is 3. The monoisotopic (exact) mass is 907 g/mol. The van der Waals surface area contributed by atoms with Crippen LogP contribution in [0.1, 0.15) is 52.7 Å². The zero-order valence-electron chi connectivity index (χ0n) is 31.4. The molecule has 3 heterocycles. The summed E-state index contributed by atoms with van der Waals surface area (Å²) in [6.07, 6.45) is -2.60. The molecule has 8 unspecified atom stereocenters. The summed E-state index contributed by atoms with van der Waals surface area (Å²) < 4.78 is 62.1. The van der Waals surface area contributed by atoms with Gasteiger partial charge in [0.1, 0.15) is 42.4 Å². The molecule has 29 heteroatoms. The fourth-order valence-electron chi connectivity index (χ4n) is 4.98. The molecule has 0 spiro atoms. The molecule has 328 valence electrons. The molecule has 2 amide bonds. The molecule has 1 saturated heterocycles. The third-order valence-corrected chi connectivity index (χ3v) is 12.1. The van der Waals surface area contributed by atoms with Crippen LogP contribution in [0.4, 0.5) is 5.82 Å². The van der Waals surface area contributed by atoms with Gasteiger partial charge in [0.2, 0.25) is 16.9 Å². The van der Waals surface area contributed by atoms with Gasteiger partial charge < -0.3 is 56.0 Å². The van der Waals surface area contributed by atoms with E-state index in [1.807, 2.05) is 13.0 Å². The molecule has 0 bridgehead atoms. The van der Waals surface area contributed by atoms with Gasteiger partial charge in [-0.2, -0.15) is 4.31 Å². The van der Waals surface area contributed by atoms with E-state index in [1.165, 1.54) is 13.8 Å². The van der Waals surface area contributed by atoms with Crippen molar-refractivity contribution in [3.05, 3.63) is 24.8 Å². The van der Waals surface area contributed by atoms with Crippen LogP contribution < -0.4 is 16.4 Å². The Bertz CT molecular complexity index is 1900. The Kier molecular flexibility index (Phi) is 18.5. The fourth-order valence-corrected chi connectivity index (χ4v) is 8.51. The standard InChI is InChI=1S/C29H48N7O18P3S/c1-4-5-6-7-8-17(37)28(42)58-12-11-31-19(38)9-10-32-26(41)23(40)29(2,3)14-51-57(48,49)54-56(46,47)50-13-18-22(53-55(43,44)45)21(39)27(52-18)36-16-35-20-24(30)33-15-34-25(20)36/h6-7,15-18,21-23,27,37,39-40H,4-5,8-14H2,1-3H3,(H,31,38)(H,32,41)(H,46,47)(H,48,49)(H2,30,33,34)(H2,43,44,45)/b7-6+. The highest BCUT2D eigenvalue weighted by molar-refractivity contribution is 8.13. The predicted molar refractivity (Wildman–Crippen MR) is 202 cm³/mol. The lowest BCUT2D eigenvalue weighted by atomic mass is 9.87. The number of rotatable bonds is 24. The van der Waals surface area contributed by atoms with Crippen molar-refractivity contribution >= 4 is 69.1 Å². The highest BCUT2D eigenvalue weighted by atomic mass is 32.2. The molecule has 0 radical (unpaired) electrons. The van der Waals surface area contributed by atoms with Gasteiger partial charge in [-0.25, -0.2) is 28.6 Å². The number of nitrogens with zero attached hydrogens (tertiary/aromatic N) is 4. The first-order chi connectivity index (χ1) is 27.0. The van der Waals surface area contributed by atoms with Gasteiger partial charge in [0.25, 0.3) is 0 Å². The van der Waals surface area contributed by atoms with E-state index in [9.17, 15) is 63.0 Å². The number of imidazole rings is 1. The van der Waals surface area contributed by atoms with Crippen LogP contribution in [0.25, 0.3) is 11.2 Å². The second-order valence-electron chi connectivity index (χ2n) is 13.2. The molecule has 1 aliphatic rings. The first kappa shape index (κ1) is 49.6. The van der Waals surface area contributed by atoms with E-state index in [-0.39, 0.29) is 48.7 Å². The largest absolute Gasteiger partial charge is 0.481 e. The number of phosphoric ester groups is 3. The molecule has 11 N–H and O–H groups in total. The Morgan fingerprint density at radius 2 is 1.74 bits per heavy atom. The minimum Gasteiger partial charge on any atom is -0.386 e. The maximum Gasteiger partial charge on any atom is 0.481 e. The van der Waals surface area contributed by atoms with Crippen molar-refractivity contribution in [2.24, 2.45) is 5.41 Å². The number of nitrogens with two attached hydrogens (primary N) is 1. The summed E-state index contributed by atoms with van der Waals surface area (Å²) in [5.74, 6) is -1.34. The maximum atomic E-state index is 12.7. The number of unbranched alkanes of at least 4 members (excludes halogenated alkanes) is 1. The van der Waals surface area contributed by atoms with Crippen LogP contribution in [0.3, 0.4) is 0 Å². The zero-order chi connectivity index (χ0) is 43.5. The van der Waals surface area contributed by atoms with E-state index in [1.54, 1.807) is 6.08 Å². The highest BCUT2D eigenvalue weighted by Crippen LogP contribution is 2.61. The number of aliphatic hydroxyl groups is 3. The summed E-state index contributed by atoms with van der Waals surface area (Å²) in [6.45, 7) is 2.30. The van der Waals surface area contributed by atoms with Crippen molar-refractivity contribution in [1.29, 1.82) is 0 Å². The van der Waals surface area contributed by atoms with Crippen molar-refractivity contribution < 1.29 is 85.6 Å². The number of nitrogen functional groups attached to an aromatic ring is 1. The van der Waals surface area contributed by atoms with E-state index in [0.717, 1.165) is 41.8 Å². The normalized spacial score (nSPS) is 22.0. The van der Waals surface area contributed by atoms with E-state index in [0.29, 0.717) is 0 Å². The first-order valence-electron chi connectivity index (χ1n) is 17.4. The molecule has 2 aromatic heterocycles. The van der Waals surface area contributed by atoms with Gasteiger partial charge in [0.05, 0.1) is 19.5 Å². The number of carbonyl (C=O) groups excluding carboxylic acids is 3. The molecule has 0 aliphatic carbocycles. The Balaban J connectivity index is 1.46. The number of fused-ring (bicyclic) bond motifs is 1. The fraction of sp³-hybridized carbons (Fsp3) is 0.655. The van der Waals surface area contributed by atoms with Crippen LogP contribution in [0, 0.1) is 5.41 Å². The quantitative estimate of drug-likeness (QED) is 0.0369. The summed E-state index contributed by atoms with van der Waals surface area (Å²) in [5, 5.41) is 35.8. The SMILES string of the molecule is CCC/C=C/CC(O)C(=O)SCCNC(=O)CCNC(=O)C(O)C(C)(C)COP(=O)(O)OP(=O)(O)OCC1OC(n2cnc3c(N)ncnc32)C(O)C1OP(=O)(O)O. The van der Waals surface area contributed by atoms with Crippen LogP contribution in [0.2, 0.25) is 0 Å². The molecule has 1 fully saturated rings. The lowest BCUT2D eigenvalue weighted by molar-refractivity contribution is -0.137. The van der Waals surface area contributed by atoms with Crippen LogP contribution in [-0.2, 0) is 50.7 Å². The summed E-state index contributed by atoms with van der Waals surface area (Å²) in [7, 11) is -16.4. The number of hydrogen-bond donors (Lipinski definition) is 10. The number of aromatic nitrogens is 4. The number of ether oxygens (including phenoxy) is 1. The summed E-state index contributed by atoms with van der Waals surface area (Å²) >= 11 is 0.858. The second kappa shape index (κ2) is 21.7. The van der Waals surface area contributed by atoms with Crippen molar-refractivity contribution in [2.45, 2.75) is 83.2 Å². The molecule has 1 aliphatic heterocycles. The van der Waals surface area contributed by atoms with Gasteiger partial charge in [-0.15, -0.1) is 0 Å². The minimum atomic E-state index is -5.58. The number of carbonyl (C=O) groups is 3. The van der Waals surface area contributed by atoms with Gasteiger partial charge in [-0.05, 0) is 12.8 Å². The predicted octanol–water partition coefficient (Wildman–Crippen LogP) is -0.228. The number of phosphoric acid groups is 3. The number of nitrogens with one attached hydrogen (secondary N) is 2. The van der Waals surface area contributed by atoms with Gasteiger partial charge in [-0.3, -0.25) is 32.5 Å². The molecule has 25 nitrogen and oxygen atoms in total. The topological polar surface area (TPSA) is 384 Å². The molecule has 0 saturated carbocycles. The van der Waals surface area contributed by atoms with E-state index in [4.69, 9.17) is 19.5 Å². The third-order valence-electron chi connectivity index (χ3n) is 8.00. The van der Waals surface area contributed by atoms with Gasteiger partial charge in [0, 0.05) is 30.7 Å². The molecular formula is C29H48N7O18P3S. The Morgan fingerprint density at radius 1 is 1.05 bits per heavy atom. The zero-order valence-corrected chi connectivity index (χ0v) is 34.9. The average molecular weight is 908 g/mol. The smallest absolute Gasteiger partial charge is 0.386 e. The van der Waals surface area contributed by atoms with Gasteiger partial charge >= 0.3 is 23.5 Å². The molecule has 2 aromatic rings. The second-order valence-corrected chi connectivity index (χ2v) is 18.6. The van der Waals surface area contributed by atoms with E-state index < -0.39 is 95.8 Å². The maximum absolute atomic E-state index is 12.7. The van der Waals surface area contributed by atoms with Gasteiger partial charge in [-0.1, -0.05) is 51.1 Å².